The summed E-state index contributed by atoms with van der Waals surface area (Å²) in [6, 6.07) is 0. The summed E-state index contributed by atoms with van der Waals surface area (Å²) in [7, 11) is 0. The second-order valence-corrected chi connectivity index (χ2v) is 5.88. The molecule has 0 bridgehead atoms. The molecule has 3 heteroatoms. The van der Waals surface area contributed by atoms with Gasteiger partial charge in [0, 0.05) is 32.7 Å². The van der Waals surface area contributed by atoms with Crippen LogP contribution in [0.25, 0.3) is 0 Å². The zero-order chi connectivity index (χ0) is 15.8. The molecule has 0 fully saturated rings. The third-order valence-electron chi connectivity index (χ3n) is 2.39. The molecule has 0 atom stereocenters. The minimum Gasteiger partial charge on any atom is -0.503 e. The Bertz CT molecular complexity index is 178. The van der Waals surface area contributed by atoms with Crippen LogP contribution in [0.3, 0.4) is 0 Å². The van der Waals surface area contributed by atoms with Crippen molar-refractivity contribution in [2.75, 3.05) is 0 Å². The molecule has 0 unspecified atom stereocenters. The zero-order valence-corrected chi connectivity index (χ0v) is 17.7. The molecule has 2 nitrogen and oxygen atoms in total. The van der Waals surface area contributed by atoms with Crippen LogP contribution in [0.5, 0.6) is 0 Å². The van der Waals surface area contributed by atoms with Crippen LogP contribution < -0.4 is 0 Å². The number of hydrogen-bond acceptors (Lipinski definition) is 1. The van der Waals surface area contributed by atoms with Gasteiger partial charge in [0.1, 0.15) is 0 Å². The van der Waals surface area contributed by atoms with E-state index in [0.717, 1.165) is 18.3 Å². The fraction of sp³-hybridized carbons (Fsp3) is 0.824. The van der Waals surface area contributed by atoms with Gasteiger partial charge < -0.3 is 12.0 Å². The van der Waals surface area contributed by atoms with Gasteiger partial charge in [-0.3, -0.25) is 10.7 Å². The van der Waals surface area contributed by atoms with Gasteiger partial charge in [0.2, 0.25) is 0 Å². The fourth-order valence-corrected chi connectivity index (χ4v) is 0.803. The number of hydrogen-bond donors (Lipinski definition) is 1. The van der Waals surface area contributed by atoms with Crippen LogP contribution in [0.1, 0.15) is 80.6 Å². The minimum absolute atomic E-state index is 0. The maximum Gasteiger partial charge on any atom is 0.166 e. The van der Waals surface area contributed by atoms with Gasteiger partial charge in [-0.1, -0.05) is 66.2 Å². The van der Waals surface area contributed by atoms with E-state index in [4.69, 9.17) is 5.11 Å². The monoisotopic (exact) mass is 361 g/mol. The van der Waals surface area contributed by atoms with Crippen LogP contribution in [0.15, 0.2) is 0 Å². The first-order valence-corrected chi connectivity index (χ1v) is 7.51. The normalized spacial score (nSPS) is 8.90. The van der Waals surface area contributed by atoms with Gasteiger partial charge in [0.15, 0.2) is 5.97 Å². The van der Waals surface area contributed by atoms with E-state index in [2.05, 4.69) is 41.5 Å². The van der Waals surface area contributed by atoms with E-state index >= 15 is 0 Å². The molecule has 0 aromatic carbocycles. The third-order valence-corrected chi connectivity index (χ3v) is 2.39. The average Bonchev–Trinajstić information content (AvgIpc) is 2.30. The first-order valence-electron chi connectivity index (χ1n) is 7.51. The van der Waals surface area contributed by atoms with E-state index in [1.165, 1.54) is 25.7 Å². The molecule has 0 aromatic heterocycles. The second-order valence-electron chi connectivity index (χ2n) is 5.88. The number of rotatable bonds is 6. The van der Waals surface area contributed by atoms with Crippen LogP contribution in [0, 0.1) is 24.7 Å². The molecule has 0 aliphatic heterocycles. The third kappa shape index (κ3) is 42.9. The summed E-state index contributed by atoms with van der Waals surface area (Å²) in [5, 5.41) is 7.95. The van der Waals surface area contributed by atoms with E-state index in [1.54, 1.807) is 13.8 Å². The molecular formula is C17H36O2Y-2. The molecule has 20 heavy (non-hydrogen) atoms. The summed E-state index contributed by atoms with van der Waals surface area (Å²) in [5.74, 6) is 1.28. The zero-order valence-electron chi connectivity index (χ0n) is 14.8. The Morgan fingerprint density at radius 3 is 1.60 bits per heavy atom. The van der Waals surface area contributed by atoms with Crippen molar-refractivity contribution in [1.29, 1.82) is 0 Å². The van der Waals surface area contributed by atoms with E-state index in [1.807, 2.05) is 0 Å². The van der Waals surface area contributed by atoms with Crippen LogP contribution in [0.4, 0.5) is 0 Å². The molecule has 0 amide bonds. The number of carbonyl (C=O) groups is 1. The smallest absolute Gasteiger partial charge is 0.166 e. The van der Waals surface area contributed by atoms with Crippen molar-refractivity contribution >= 4 is 5.97 Å². The average molecular weight is 361 g/mol. The predicted molar refractivity (Wildman–Crippen MR) is 86.0 cm³/mol. The summed E-state index contributed by atoms with van der Waals surface area (Å²) in [4.78, 5) is 9.66. The molecule has 0 spiro atoms. The summed E-state index contributed by atoms with van der Waals surface area (Å²) >= 11 is 0. The van der Waals surface area contributed by atoms with Crippen LogP contribution in [0.2, 0.25) is 0 Å². The standard InChI is InChI=1S/C8H18.C5H11.C4H7O2.Y/c1-4-5-6-7-8(2)3;1-4-5(2)3;1-3(2)4(5)6;/h8H,4-7H2,1-3H3;5H,1,4H2,2-3H3;1-2H3,(H,5,6);/q;2*-1;. The molecular weight excluding hydrogens is 325 g/mol. The maximum atomic E-state index is 9.66. The summed E-state index contributed by atoms with van der Waals surface area (Å²) in [6.45, 7) is 17.9. The second kappa shape index (κ2) is 21.7. The Labute approximate surface area is 153 Å². The number of aliphatic carboxylic acids is 1. The Kier molecular flexibility index (Phi) is 31.1. The number of carboxylic acids is 1. The van der Waals surface area contributed by atoms with Gasteiger partial charge in [-0.15, -0.1) is 0 Å². The first-order chi connectivity index (χ1) is 8.68. The molecule has 0 aliphatic rings. The fourth-order valence-electron chi connectivity index (χ4n) is 0.803. The molecule has 1 N–H and O–H groups in total. The molecule has 0 rings (SSSR count). The Hall–Kier alpha value is 0.444. The van der Waals surface area contributed by atoms with Gasteiger partial charge in [0.05, 0.1) is 0 Å². The number of carboxylic acid groups (broad SMARTS) is 1. The Morgan fingerprint density at radius 2 is 1.45 bits per heavy atom. The van der Waals surface area contributed by atoms with Gasteiger partial charge in [0.25, 0.3) is 0 Å². The molecule has 0 aromatic rings. The van der Waals surface area contributed by atoms with Crippen LogP contribution in [-0.4, -0.2) is 11.1 Å². The molecule has 1 radical (unpaired) electrons. The molecule has 0 saturated carbocycles. The molecule has 0 saturated heterocycles. The SMILES string of the molecule is CCCCCC(C)C.C[C-](C)C(=O)O.[CH2-]CC(C)C.[Y]. The topological polar surface area (TPSA) is 37.3 Å². The van der Waals surface area contributed by atoms with Crippen molar-refractivity contribution < 1.29 is 42.6 Å². The molecule has 0 heterocycles. The largest absolute Gasteiger partial charge is 0.503 e. The van der Waals surface area contributed by atoms with E-state index in [-0.39, 0.29) is 32.7 Å². The maximum absolute atomic E-state index is 9.66. The van der Waals surface area contributed by atoms with Crippen LogP contribution in [-0.2, 0) is 37.5 Å². The van der Waals surface area contributed by atoms with E-state index in [0.29, 0.717) is 5.92 Å². The van der Waals surface area contributed by atoms with Crippen molar-refractivity contribution in [2.45, 2.75) is 80.6 Å². The number of unbranched alkanes of at least 4 members (excludes halogenated alkanes) is 2. The van der Waals surface area contributed by atoms with Crippen LogP contribution >= 0.6 is 0 Å². The van der Waals surface area contributed by atoms with E-state index < -0.39 is 5.97 Å². The summed E-state index contributed by atoms with van der Waals surface area (Å²) in [5.41, 5.74) is 0. The van der Waals surface area contributed by atoms with Crippen molar-refractivity contribution in [3.05, 3.63) is 12.8 Å². The summed E-state index contributed by atoms with van der Waals surface area (Å²) < 4.78 is 0. The van der Waals surface area contributed by atoms with Gasteiger partial charge in [-0.25, -0.2) is 0 Å². The van der Waals surface area contributed by atoms with Gasteiger partial charge >= 0.3 is 0 Å². The van der Waals surface area contributed by atoms with Crippen molar-refractivity contribution in [1.82, 2.24) is 0 Å². The summed E-state index contributed by atoms with van der Waals surface area (Å²) in [6.07, 6.45) is 6.66. The minimum atomic E-state index is -0.824. The molecule has 0 aliphatic carbocycles. The van der Waals surface area contributed by atoms with Gasteiger partial charge in [-0.05, 0) is 5.92 Å². The molecule has 121 valence electrons. The van der Waals surface area contributed by atoms with E-state index in [9.17, 15) is 4.79 Å². The predicted octanol–water partition coefficient (Wildman–Crippen LogP) is 5.77. The van der Waals surface area contributed by atoms with Crippen molar-refractivity contribution in [3.63, 3.8) is 0 Å². The quantitative estimate of drug-likeness (QED) is 0.481. The van der Waals surface area contributed by atoms with Crippen molar-refractivity contribution in [2.24, 2.45) is 11.8 Å². The first kappa shape index (κ1) is 28.6. The Balaban J connectivity index is -0.0000000966. The van der Waals surface area contributed by atoms with Gasteiger partial charge in [-0.2, -0.15) is 20.3 Å². The van der Waals surface area contributed by atoms with Crippen molar-refractivity contribution in [3.8, 4) is 0 Å². The Morgan fingerprint density at radius 1 is 1.10 bits per heavy atom.